The summed E-state index contributed by atoms with van der Waals surface area (Å²) >= 11 is 0. The molecule has 1 unspecified atom stereocenters. The van der Waals surface area contributed by atoms with Crippen LogP contribution in [0.2, 0.25) is 0 Å². The number of nitrogens with zero attached hydrogens (tertiary/aromatic N) is 2. The molecule has 0 spiro atoms. The van der Waals surface area contributed by atoms with Gasteiger partial charge in [0, 0.05) is 32.7 Å². The maximum absolute atomic E-state index is 12.2. The fourth-order valence-corrected chi connectivity index (χ4v) is 3.18. The van der Waals surface area contributed by atoms with E-state index in [4.69, 9.17) is 4.74 Å². The number of ether oxygens (including phenoxy) is 1. The fraction of sp³-hybridized carbons (Fsp3) is 0.588. The zero-order valence-corrected chi connectivity index (χ0v) is 12.5. The molecule has 2 saturated heterocycles. The minimum absolute atomic E-state index is 0.0514. The Kier molecular flexibility index (Phi) is 4.88. The minimum Gasteiger partial charge on any atom is -0.375 e. The van der Waals surface area contributed by atoms with Crippen molar-refractivity contribution in [2.75, 3.05) is 32.8 Å². The second-order valence-corrected chi connectivity index (χ2v) is 6.01. The second kappa shape index (κ2) is 7.05. The first-order chi connectivity index (χ1) is 10.3. The highest BCUT2D eigenvalue weighted by atomic mass is 16.5. The molecule has 0 radical (unpaired) electrons. The molecular formula is C17H24N2O2. The van der Waals surface area contributed by atoms with Gasteiger partial charge in [-0.05, 0) is 18.4 Å². The van der Waals surface area contributed by atoms with Gasteiger partial charge >= 0.3 is 0 Å². The first-order valence-corrected chi connectivity index (χ1v) is 7.97. The number of carbonyl (C=O) groups excluding carboxylic acids is 1. The van der Waals surface area contributed by atoms with E-state index in [-0.39, 0.29) is 12.0 Å². The van der Waals surface area contributed by atoms with Crippen molar-refractivity contribution in [1.29, 1.82) is 0 Å². The SMILES string of the molecule is O=C(CC1CN(Cc2ccccc2)CCO1)N1CCCC1. The van der Waals surface area contributed by atoms with Crippen molar-refractivity contribution in [2.45, 2.75) is 31.9 Å². The molecule has 1 aromatic carbocycles. The molecule has 3 rings (SSSR count). The number of hydrogen-bond donors (Lipinski definition) is 0. The van der Waals surface area contributed by atoms with Crippen molar-refractivity contribution in [3.05, 3.63) is 35.9 Å². The van der Waals surface area contributed by atoms with Crippen molar-refractivity contribution in [3.8, 4) is 0 Å². The molecule has 0 aromatic heterocycles. The second-order valence-electron chi connectivity index (χ2n) is 6.01. The smallest absolute Gasteiger partial charge is 0.225 e. The third-order valence-corrected chi connectivity index (χ3v) is 4.33. The molecule has 21 heavy (non-hydrogen) atoms. The summed E-state index contributed by atoms with van der Waals surface area (Å²) in [5, 5.41) is 0. The molecule has 2 aliphatic heterocycles. The van der Waals surface area contributed by atoms with Gasteiger partial charge in [-0.25, -0.2) is 0 Å². The van der Waals surface area contributed by atoms with Crippen LogP contribution in [-0.2, 0) is 16.1 Å². The number of likely N-dealkylation sites (tertiary alicyclic amines) is 1. The molecule has 2 heterocycles. The molecule has 0 saturated carbocycles. The van der Waals surface area contributed by atoms with Crippen LogP contribution in [0.25, 0.3) is 0 Å². The van der Waals surface area contributed by atoms with Gasteiger partial charge in [0.1, 0.15) is 0 Å². The summed E-state index contributed by atoms with van der Waals surface area (Å²) in [6.07, 6.45) is 2.88. The third-order valence-electron chi connectivity index (χ3n) is 4.33. The van der Waals surface area contributed by atoms with E-state index in [2.05, 4.69) is 29.2 Å². The van der Waals surface area contributed by atoms with Crippen molar-refractivity contribution in [2.24, 2.45) is 0 Å². The molecule has 2 aliphatic rings. The van der Waals surface area contributed by atoms with E-state index in [1.807, 2.05) is 11.0 Å². The van der Waals surface area contributed by atoms with Gasteiger partial charge in [-0.1, -0.05) is 30.3 Å². The molecule has 114 valence electrons. The van der Waals surface area contributed by atoms with Crippen LogP contribution in [0.5, 0.6) is 0 Å². The van der Waals surface area contributed by atoms with E-state index < -0.39 is 0 Å². The van der Waals surface area contributed by atoms with Crippen LogP contribution in [0.15, 0.2) is 30.3 Å². The van der Waals surface area contributed by atoms with E-state index in [9.17, 15) is 4.79 Å². The van der Waals surface area contributed by atoms with Crippen LogP contribution in [0, 0.1) is 0 Å². The monoisotopic (exact) mass is 288 g/mol. The van der Waals surface area contributed by atoms with Gasteiger partial charge in [-0.2, -0.15) is 0 Å². The summed E-state index contributed by atoms with van der Waals surface area (Å²) < 4.78 is 5.79. The molecule has 4 nitrogen and oxygen atoms in total. The number of carbonyl (C=O) groups is 1. The Morgan fingerprint density at radius 1 is 1.14 bits per heavy atom. The van der Waals surface area contributed by atoms with Gasteiger partial charge in [-0.3, -0.25) is 9.69 Å². The summed E-state index contributed by atoms with van der Waals surface area (Å²) in [5.41, 5.74) is 1.32. The van der Waals surface area contributed by atoms with Crippen molar-refractivity contribution in [1.82, 2.24) is 9.80 Å². The standard InChI is InChI=1S/C17H24N2O2/c20-17(19-8-4-5-9-19)12-16-14-18(10-11-21-16)13-15-6-2-1-3-7-15/h1-3,6-7,16H,4-5,8-14H2. The lowest BCUT2D eigenvalue weighted by molar-refractivity contribution is -0.135. The Balaban J connectivity index is 1.49. The number of hydrogen-bond acceptors (Lipinski definition) is 3. The normalized spacial score (nSPS) is 23.4. The maximum Gasteiger partial charge on any atom is 0.225 e. The van der Waals surface area contributed by atoms with Gasteiger partial charge in [-0.15, -0.1) is 0 Å². The Hall–Kier alpha value is -1.39. The van der Waals surface area contributed by atoms with E-state index >= 15 is 0 Å². The van der Waals surface area contributed by atoms with Crippen molar-refractivity contribution < 1.29 is 9.53 Å². The fourth-order valence-electron chi connectivity index (χ4n) is 3.18. The Morgan fingerprint density at radius 2 is 1.90 bits per heavy atom. The molecule has 1 amide bonds. The Morgan fingerprint density at radius 3 is 2.67 bits per heavy atom. The highest BCUT2D eigenvalue weighted by Crippen LogP contribution is 2.15. The highest BCUT2D eigenvalue weighted by molar-refractivity contribution is 5.77. The average molecular weight is 288 g/mol. The van der Waals surface area contributed by atoms with Crippen LogP contribution in [0.1, 0.15) is 24.8 Å². The van der Waals surface area contributed by atoms with E-state index in [1.165, 1.54) is 5.56 Å². The summed E-state index contributed by atoms with van der Waals surface area (Å²) in [5.74, 6) is 0.263. The number of rotatable bonds is 4. The molecule has 1 atom stereocenters. The van der Waals surface area contributed by atoms with Crippen LogP contribution in [0.4, 0.5) is 0 Å². The molecule has 4 heteroatoms. The molecule has 2 fully saturated rings. The predicted molar refractivity (Wildman–Crippen MR) is 81.9 cm³/mol. The van der Waals surface area contributed by atoms with Crippen molar-refractivity contribution >= 4 is 5.91 Å². The van der Waals surface area contributed by atoms with Gasteiger partial charge in [0.05, 0.1) is 19.1 Å². The maximum atomic E-state index is 12.2. The topological polar surface area (TPSA) is 32.8 Å². The van der Waals surface area contributed by atoms with Gasteiger partial charge in [0.15, 0.2) is 0 Å². The lowest BCUT2D eigenvalue weighted by atomic mass is 10.1. The zero-order chi connectivity index (χ0) is 14.5. The number of morpholine rings is 1. The van der Waals surface area contributed by atoms with Crippen LogP contribution in [0.3, 0.4) is 0 Å². The quantitative estimate of drug-likeness (QED) is 0.848. The molecule has 0 aliphatic carbocycles. The summed E-state index contributed by atoms with van der Waals surface area (Å²) in [4.78, 5) is 16.6. The average Bonchev–Trinajstić information content (AvgIpc) is 3.03. The van der Waals surface area contributed by atoms with Gasteiger partial charge in [0.2, 0.25) is 5.91 Å². The van der Waals surface area contributed by atoms with Gasteiger partial charge in [0.25, 0.3) is 0 Å². The minimum atomic E-state index is 0.0514. The number of benzene rings is 1. The summed E-state index contributed by atoms with van der Waals surface area (Å²) in [6.45, 7) is 5.33. The lowest BCUT2D eigenvalue weighted by Crippen LogP contribution is -2.44. The largest absolute Gasteiger partial charge is 0.375 e. The van der Waals surface area contributed by atoms with Crippen LogP contribution in [-0.4, -0.2) is 54.6 Å². The third kappa shape index (κ3) is 4.05. The summed E-state index contributed by atoms with van der Waals surface area (Å²) in [7, 11) is 0. The summed E-state index contributed by atoms with van der Waals surface area (Å²) in [6, 6.07) is 10.5. The predicted octanol–water partition coefficient (Wildman–Crippen LogP) is 1.90. The molecule has 0 N–H and O–H groups in total. The Bertz CT molecular complexity index is 457. The Labute approximate surface area is 126 Å². The first-order valence-electron chi connectivity index (χ1n) is 7.97. The highest BCUT2D eigenvalue weighted by Gasteiger charge is 2.26. The van der Waals surface area contributed by atoms with E-state index in [1.54, 1.807) is 0 Å². The lowest BCUT2D eigenvalue weighted by Gasteiger charge is -2.33. The van der Waals surface area contributed by atoms with Crippen LogP contribution < -0.4 is 0 Å². The molecule has 0 bridgehead atoms. The van der Waals surface area contributed by atoms with Crippen LogP contribution >= 0.6 is 0 Å². The number of amides is 1. The van der Waals surface area contributed by atoms with Gasteiger partial charge < -0.3 is 9.64 Å². The molecular weight excluding hydrogens is 264 g/mol. The van der Waals surface area contributed by atoms with Crippen molar-refractivity contribution in [3.63, 3.8) is 0 Å². The first kappa shape index (κ1) is 14.5. The zero-order valence-electron chi connectivity index (χ0n) is 12.5. The van der Waals surface area contributed by atoms with E-state index in [0.29, 0.717) is 6.42 Å². The molecule has 1 aromatic rings. The van der Waals surface area contributed by atoms with E-state index in [0.717, 1.165) is 52.2 Å².